The number of fused-ring (bicyclic) bond motifs is 1. The normalized spacial score (nSPS) is 23.2. The van der Waals surface area contributed by atoms with E-state index in [1.165, 1.54) is 0 Å². The zero-order valence-corrected chi connectivity index (χ0v) is 15.6. The van der Waals surface area contributed by atoms with E-state index in [2.05, 4.69) is 16.0 Å². The van der Waals surface area contributed by atoms with E-state index < -0.39 is 5.60 Å². The second kappa shape index (κ2) is 6.03. The third-order valence-electron chi connectivity index (χ3n) is 4.51. The summed E-state index contributed by atoms with van der Waals surface area (Å²) >= 11 is 6.16. The van der Waals surface area contributed by atoms with Crippen LogP contribution < -0.4 is 0 Å². The maximum Gasteiger partial charge on any atom is 0.410 e. The predicted octanol–water partition coefficient (Wildman–Crippen LogP) is 4.02. The molecule has 2 heterocycles. The molecule has 2 unspecified atom stereocenters. The Kier molecular flexibility index (Phi) is 4.32. The largest absolute Gasteiger partial charge is 0.444 e. The van der Waals surface area contributed by atoms with Gasteiger partial charge in [-0.15, -0.1) is 0 Å². The Morgan fingerprint density at radius 1 is 1.25 bits per heavy atom. The van der Waals surface area contributed by atoms with Gasteiger partial charge in [0.15, 0.2) is 5.82 Å². The minimum absolute atomic E-state index is 0.221. The second-order valence-electron chi connectivity index (χ2n) is 7.74. The molecule has 1 aliphatic heterocycles. The van der Waals surface area contributed by atoms with Crippen LogP contribution in [-0.4, -0.2) is 39.7 Å². The Bertz CT molecular complexity index is 686. The quantitative estimate of drug-likeness (QED) is 0.768. The molecule has 6 heteroatoms. The van der Waals surface area contributed by atoms with Crippen molar-refractivity contribution in [3.05, 3.63) is 28.3 Å². The average molecular weight is 350 g/mol. The van der Waals surface area contributed by atoms with E-state index in [-0.39, 0.29) is 6.09 Å². The number of ether oxygens (including phenoxy) is 1. The monoisotopic (exact) mass is 349 g/mol. The van der Waals surface area contributed by atoms with E-state index in [1.807, 2.05) is 39.5 Å². The molecule has 1 aromatic rings. The molecule has 2 atom stereocenters. The summed E-state index contributed by atoms with van der Waals surface area (Å²) in [4.78, 5) is 23.1. The van der Waals surface area contributed by atoms with Crippen molar-refractivity contribution in [1.82, 2.24) is 14.9 Å². The van der Waals surface area contributed by atoms with Crippen LogP contribution in [0, 0.1) is 25.7 Å². The maximum atomic E-state index is 12.2. The summed E-state index contributed by atoms with van der Waals surface area (Å²) in [6.45, 7) is 10.9. The first-order valence-corrected chi connectivity index (χ1v) is 8.71. The lowest BCUT2D eigenvalue weighted by molar-refractivity contribution is 0.0285. The number of rotatable bonds is 1. The molecule has 0 saturated carbocycles. The van der Waals surface area contributed by atoms with Crippen molar-refractivity contribution in [2.75, 3.05) is 13.1 Å². The molecule has 0 bridgehead atoms. The lowest BCUT2D eigenvalue weighted by Crippen LogP contribution is -2.35. The Morgan fingerprint density at radius 2 is 1.88 bits per heavy atom. The predicted molar refractivity (Wildman–Crippen MR) is 93.9 cm³/mol. The summed E-state index contributed by atoms with van der Waals surface area (Å²) in [5.41, 5.74) is 2.33. The highest BCUT2D eigenvalue weighted by atomic mass is 35.5. The van der Waals surface area contributed by atoms with Crippen molar-refractivity contribution in [1.29, 1.82) is 0 Å². The molecule has 0 radical (unpaired) electrons. The van der Waals surface area contributed by atoms with Gasteiger partial charge in [-0.3, -0.25) is 0 Å². The fraction of sp³-hybridized carbons (Fsp3) is 0.611. The van der Waals surface area contributed by atoms with Gasteiger partial charge in [0.25, 0.3) is 0 Å². The van der Waals surface area contributed by atoms with Crippen molar-refractivity contribution in [3.63, 3.8) is 0 Å². The van der Waals surface area contributed by atoms with Crippen LogP contribution in [0.5, 0.6) is 0 Å². The number of aryl methyl sites for hydroxylation is 2. The summed E-state index contributed by atoms with van der Waals surface area (Å²) < 4.78 is 5.47. The van der Waals surface area contributed by atoms with Crippen LogP contribution >= 0.6 is 11.6 Å². The van der Waals surface area contributed by atoms with Crippen molar-refractivity contribution in [3.8, 4) is 0 Å². The maximum absolute atomic E-state index is 12.2. The highest BCUT2D eigenvalue weighted by Gasteiger charge is 2.40. The topological polar surface area (TPSA) is 55.3 Å². The minimum Gasteiger partial charge on any atom is -0.444 e. The molecule has 1 saturated heterocycles. The van der Waals surface area contributed by atoms with Crippen LogP contribution in [0.25, 0.3) is 5.57 Å². The van der Waals surface area contributed by atoms with E-state index >= 15 is 0 Å². The fourth-order valence-electron chi connectivity index (χ4n) is 3.40. The van der Waals surface area contributed by atoms with Gasteiger partial charge in [0.2, 0.25) is 0 Å². The van der Waals surface area contributed by atoms with E-state index in [9.17, 15) is 4.79 Å². The van der Waals surface area contributed by atoms with Crippen molar-refractivity contribution in [2.45, 2.75) is 46.6 Å². The Hall–Kier alpha value is -1.62. The Labute approximate surface area is 148 Å². The van der Waals surface area contributed by atoms with Gasteiger partial charge in [-0.2, -0.15) is 0 Å². The second-order valence-corrected chi connectivity index (χ2v) is 8.12. The highest BCUT2D eigenvalue weighted by Crippen LogP contribution is 2.40. The van der Waals surface area contributed by atoms with Crippen LogP contribution in [0.3, 0.4) is 0 Å². The van der Waals surface area contributed by atoms with Gasteiger partial charge in [-0.05, 0) is 52.5 Å². The van der Waals surface area contributed by atoms with E-state index in [0.29, 0.717) is 23.4 Å². The Morgan fingerprint density at radius 3 is 2.42 bits per heavy atom. The third kappa shape index (κ3) is 3.41. The summed E-state index contributed by atoms with van der Waals surface area (Å²) in [6.07, 6.45) is 2.89. The summed E-state index contributed by atoms with van der Waals surface area (Å²) in [5, 5.41) is 0.633. The molecule has 0 spiro atoms. The van der Waals surface area contributed by atoms with Crippen molar-refractivity contribution in [2.24, 2.45) is 11.8 Å². The standard InChI is InChI=1S/C18H24ClN3O2/c1-10-15(19)11(2)21-16(20-10)12-6-13-8-22(9-14(13)7-12)17(23)24-18(3,4)5/h6,13-14H,7-9H2,1-5H3. The third-order valence-corrected chi connectivity index (χ3v) is 5.06. The first-order valence-electron chi connectivity index (χ1n) is 8.34. The molecule has 1 aromatic heterocycles. The lowest BCUT2D eigenvalue weighted by Gasteiger charge is -2.24. The molecule has 5 nitrogen and oxygen atoms in total. The van der Waals surface area contributed by atoms with Crippen LogP contribution in [-0.2, 0) is 4.74 Å². The van der Waals surface area contributed by atoms with Gasteiger partial charge in [0.1, 0.15) is 5.60 Å². The van der Waals surface area contributed by atoms with E-state index in [1.54, 1.807) is 0 Å². The number of hydrogen-bond donors (Lipinski definition) is 0. The van der Waals surface area contributed by atoms with Gasteiger partial charge in [0.05, 0.1) is 16.4 Å². The van der Waals surface area contributed by atoms with Gasteiger partial charge < -0.3 is 9.64 Å². The number of halogens is 1. The molecule has 130 valence electrons. The molecule has 3 rings (SSSR count). The first-order chi connectivity index (χ1) is 11.1. The summed E-state index contributed by atoms with van der Waals surface area (Å²) in [6, 6.07) is 0. The van der Waals surface area contributed by atoms with Gasteiger partial charge >= 0.3 is 6.09 Å². The lowest BCUT2D eigenvalue weighted by atomic mass is 10.00. The molecule has 24 heavy (non-hydrogen) atoms. The Balaban J connectivity index is 1.72. The van der Waals surface area contributed by atoms with E-state index in [4.69, 9.17) is 16.3 Å². The molecular formula is C18H24ClN3O2. The van der Waals surface area contributed by atoms with Crippen LogP contribution in [0.15, 0.2) is 6.08 Å². The number of likely N-dealkylation sites (tertiary alicyclic amines) is 1. The van der Waals surface area contributed by atoms with Crippen LogP contribution in [0.2, 0.25) is 5.02 Å². The van der Waals surface area contributed by atoms with Crippen LogP contribution in [0.1, 0.15) is 44.4 Å². The SMILES string of the molecule is Cc1nc(C2=CC3CN(C(=O)OC(C)(C)C)CC3C2)nc(C)c1Cl. The van der Waals surface area contributed by atoms with Gasteiger partial charge in [-0.25, -0.2) is 14.8 Å². The van der Waals surface area contributed by atoms with Gasteiger partial charge in [0, 0.05) is 19.0 Å². The summed E-state index contributed by atoms with van der Waals surface area (Å²) in [5.74, 6) is 1.55. The number of hydrogen-bond acceptors (Lipinski definition) is 4. The number of nitrogens with zero attached hydrogens (tertiary/aromatic N) is 3. The molecule has 1 aliphatic carbocycles. The van der Waals surface area contributed by atoms with Crippen molar-refractivity contribution >= 4 is 23.3 Å². The molecule has 2 aliphatic rings. The number of aromatic nitrogens is 2. The number of amides is 1. The van der Waals surface area contributed by atoms with Crippen molar-refractivity contribution < 1.29 is 9.53 Å². The minimum atomic E-state index is -0.456. The summed E-state index contributed by atoms with van der Waals surface area (Å²) in [7, 11) is 0. The molecule has 1 fully saturated rings. The number of allylic oxidation sites excluding steroid dienone is 1. The number of carbonyl (C=O) groups is 1. The van der Waals surface area contributed by atoms with E-state index in [0.717, 1.165) is 35.8 Å². The van der Waals surface area contributed by atoms with Gasteiger partial charge in [-0.1, -0.05) is 17.7 Å². The highest BCUT2D eigenvalue weighted by molar-refractivity contribution is 6.31. The zero-order chi connectivity index (χ0) is 17.6. The molecule has 0 aromatic carbocycles. The molecular weight excluding hydrogens is 326 g/mol. The smallest absolute Gasteiger partial charge is 0.410 e. The molecule has 0 N–H and O–H groups in total. The zero-order valence-electron chi connectivity index (χ0n) is 14.9. The fourth-order valence-corrected chi connectivity index (χ4v) is 3.48. The van der Waals surface area contributed by atoms with Crippen LogP contribution in [0.4, 0.5) is 4.79 Å². The average Bonchev–Trinajstić information content (AvgIpc) is 3.00. The molecule has 1 amide bonds. The number of carbonyl (C=O) groups excluding carboxylic acids is 1. The first kappa shape index (κ1) is 17.2.